The maximum Gasteiger partial charge on any atom is 0.425 e. The van der Waals surface area contributed by atoms with Crippen LogP contribution in [0.5, 0.6) is 0 Å². The Labute approximate surface area is 97.7 Å². The molecule has 1 aliphatic heterocycles. The Hall–Kier alpha value is -0.390. The minimum absolute atomic E-state index is 0.115. The van der Waals surface area contributed by atoms with Crippen molar-refractivity contribution in [2.75, 3.05) is 13.2 Å². The summed E-state index contributed by atoms with van der Waals surface area (Å²) in [6.45, 7) is 2.69. The van der Waals surface area contributed by atoms with Crippen molar-refractivity contribution in [2.24, 2.45) is 4.99 Å². The van der Waals surface area contributed by atoms with E-state index in [1.165, 1.54) is 13.8 Å². The number of hydrogen-bond acceptors (Lipinski definition) is 4. The number of alkyl halides is 3. The van der Waals surface area contributed by atoms with Gasteiger partial charge in [0.15, 0.2) is 0 Å². The highest BCUT2D eigenvalue weighted by Crippen LogP contribution is 2.69. The molecule has 4 nitrogen and oxygen atoms in total. The molecule has 0 spiro atoms. The van der Waals surface area contributed by atoms with Crippen LogP contribution in [0.1, 0.15) is 26.7 Å². The molecule has 0 N–H and O–H groups in total. The standard InChI is InChI=1S/C9H15F3NO3P/c1-3-15-17(14,16-4-2)8(9(10,11)12)6-5-7-13-8/h7H,3-6H2,1-2H3. The fourth-order valence-electron chi connectivity index (χ4n) is 1.71. The molecule has 1 aliphatic rings. The van der Waals surface area contributed by atoms with E-state index in [1.807, 2.05) is 0 Å². The molecule has 17 heavy (non-hydrogen) atoms. The molecule has 1 rings (SSSR count). The van der Waals surface area contributed by atoms with Gasteiger partial charge in [-0.05, 0) is 26.7 Å². The van der Waals surface area contributed by atoms with Gasteiger partial charge in [-0.3, -0.25) is 9.56 Å². The molecule has 0 radical (unpaired) electrons. The van der Waals surface area contributed by atoms with Crippen LogP contribution in [-0.4, -0.2) is 30.9 Å². The predicted octanol–water partition coefficient (Wildman–Crippen LogP) is 3.38. The summed E-state index contributed by atoms with van der Waals surface area (Å²) in [5.41, 5.74) is 0. The Morgan fingerprint density at radius 1 is 1.35 bits per heavy atom. The van der Waals surface area contributed by atoms with Crippen LogP contribution < -0.4 is 0 Å². The summed E-state index contributed by atoms with van der Waals surface area (Å²) in [7, 11) is -4.34. The molecule has 0 amide bonds. The lowest BCUT2D eigenvalue weighted by Crippen LogP contribution is -2.42. The van der Waals surface area contributed by atoms with Crippen molar-refractivity contribution >= 4 is 13.8 Å². The van der Waals surface area contributed by atoms with Crippen molar-refractivity contribution in [3.05, 3.63) is 0 Å². The largest absolute Gasteiger partial charge is 0.425 e. The molecule has 0 aliphatic carbocycles. The Morgan fingerprint density at radius 2 is 1.88 bits per heavy atom. The zero-order valence-electron chi connectivity index (χ0n) is 9.66. The smallest absolute Gasteiger partial charge is 0.307 e. The Kier molecular flexibility index (Phi) is 4.38. The Bertz CT molecular complexity index is 335. The van der Waals surface area contributed by atoms with Gasteiger partial charge in [-0.2, -0.15) is 13.2 Å². The average Bonchev–Trinajstić information content (AvgIpc) is 2.67. The van der Waals surface area contributed by atoms with Crippen molar-refractivity contribution < 1.29 is 26.8 Å². The van der Waals surface area contributed by atoms with Crippen LogP contribution in [0.4, 0.5) is 13.2 Å². The summed E-state index contributed by atoms with van der Waals surface area (Å²) in [4.78, 5) is 3.38. The van der Waals surface area contributed by atoms with Crippen LogP contribution in [0.3, 0.4) is 0 Å². The maximum atomic E-state index is 13.1. The summed E-state index contributed by atoms with van der Waals surface area (Å²) in [5, 5.41) is -2.73. The molecule has 0 fully saturated rings. The minimum atomic E-state index is -4.75. The summed E-state index contributed by atoms with van der Waals surface area (Å²) in [5.74, 6) is 0. The van der Waals surface area contributed by atoms with Gasteiger partial charge in [0.2, 0.25) is 0 Å². The molecule has 100 valence electrons. The van der Waals surface area contributed by atoms with Crippen LogP contribution in [0.2, 0.25) is 0 Å². The fourth-order valence-corrected chi connectivity index (χ4v) is 3.83. The first-order valence-electron chi connectivity index (χ1n) is 5.32. The second kappa shape index (κ2) is 5.08. The Balaban J connectivity index is 3.20. The number of nitrogens with zero attached hydrogens (tertiary/aromatic N) is 1. The molecule has 0 aromatic heterocycles. The number of rotatable bonds is 5. The molecule has 0 aromatic rings. The lowest BCUT2D eigenvalue weighted by molar-refractivity contribution is -0.165. The molecule has 1 heterocycles. The normalized spacial score (nSPS) is 25.5. The lowest BCUT2D eigenvalue weighted by atomic mass is 10.2. The third kappa shape index (κ3) is 2.41. The van der Waals surface area contributed by atoms with Gasteiger partial charge in [-0.1, -0.05) is 0 Å². The summed E-state index contributed by atoms with van der Waals surface area (Å²) in [6, 6.07) is 0. The first-order chi connectivity index (χ1) is 7.83. The van der Waals surface area contributed by atoms with Crippen LogP contribution in [0.15, 0.2) is 4.99 Å². The highest BCUT2D eigenvalue weighted by molar-refractivity contribution is 7.55. The summed E-state index contributed by atoms with van der Waals surface area (Å²) < 4.78 is 61.2. The van der Waals surface area contributed by atoms with Crippen molar-refractivity contribution in [1.82, 2.24) is 0 Å². The number of aliphatic imine (C=N–C) groups is 1. The quantitative estimate of drug-likeness (QED) is 0.721. The fraction of sp³-hybridized carbons (Fsp3) is 0.889. The first-order valence-corrected chi connectivity index (χ1v) is 6.87. The molecule has 1 atom stereocenters. The molecular weight excluding hydrogens is 258 g/mol. The molecule has 0 saturated carbocycles. The van der Waals surface area contributed by atoms with Gasteiger partial charge in [-0.15, -0.1) is 0 Å². The van der Waals surface area contributed by atoms with E-state index in [2.05, 4.69) is 4.99 Å². The van der Waals surface area contributed by atoms with E-state index >= 15 is 0 Å². The van der Waals surface area contributed by atoms with Gasteiger partial charge in [0, 0.05) is 6.21 Å². The number of hydrogen-bond donors (Lipinski definition) is 0. The van der Waals surface area contributed by atoms with Gasteiger partial charge < -0.3 is 9.05 Å². The summed E-state index contributed by atoms with van der Waals surface area (Å²) in [6.07, 6.45) is -3.91. The monoisotopic (exact) mass is 273 g/mol. The third-order valence-electron chi connectivity index (χ3n) is 2.43. The highest BCUT2D eigenvalue weighted by Gasteiger charge is 2.69. The molecular formula is C9H15F3NO3P. The Morgan fingerprint density at radius 3 is 2.18 bits per heavy atom. The van der Waals surface area contributed by atoms with Crippen molar-refractivity contribution in [1.29, 1.82) is 0 Å². The van der Waals surface area contributed by atoms with Crippen molar-refractivity contribution in [2.45, 2.75) is 38.1 Å². The van der Waals surface area contributed by atoms with E-state index in [0.717, 1.165) is 6.21 Å². The highest BCUT2D eigenvalue weighted by atomic mass is 31.2. The van der Waals surface area contributed by atoms with Gasteiger partial charge in [0.25, 0.3) is 5.28 Å². The third-order valence-corrected chi connectivity index (χ3v) is 5.13. The van der Waals surface area contributed by atoms with Gasteiger partial charge in [0.1, 0.15) is 0 Å². The predicted molar refractivity (Wildman–Crippen MR) is 57.4 cm³/mol. The molecule has 0 aromatic carbocycles. The topological polar surface area (TPSA) is 47.9 Å². The van der Waals surface area contributed by atoms with Gasteiger partial charge in [-0.25, -0.2) is 0 Å². The molecule has 8 heteroatoms. The molecule has 1 unspecified atom stereocenters. The molecule has 0 bridgehead atoms. The van der Waals surface area contributed by atoms with Gasteiger partial charge >= 0.3 is 13.8 Å². The second-order valence-corrected chi connectivity index (χ2v) is 5.75. The van der Waals surface area contributed by atoms with Crippen LogP contribution >= 0.6 is 7.60 Å². The van der Waals surface area contributed by atoms with Crippen LogP contribution in [0.25, 0.3) is 0 Å². The van der Waals surface area contributed by atoms with E-state index in [1.54, 1.807) is 0 Å². The first kappa shape index (κ1) is 14.7. The zero-order chi connectivity index (χ0) is 13.2. The minimum Gasteiger partial charge on any atom is -0.307 e. The van der Waals surface area contributed by atoms with Crippen molar-refractivity contribution in [3.8, 4) is 0 Å². The van der Waals surface area contributed by atoms with Gasteiger partial charge in [0.05, 0.1) is 13.2 Å². The van der Waals surface area contributed by atoms with Crippen LogP contribution in [0, 0.1) is 0 Å². The second-order valence-electron chi connectivity index (χ2n) is 3.50. The number of halogens is 3. The average molecular weight is 273 g/mol. The van der Waals surface area contributed by atoms with E-state index in [0.29, 0.717) is 0 Å². The van der Waals surface area contributed by atoms with Crippen LogP contribution in [-0.2, 0) is 13.6 Å². The van der Waals surface area contributed by atoms with E-state index in [4.69, 9.17) is 9.05 Å². The lowest BCUT2D eigenvalue weighted by Gasteiger charge is -2.34. The molecule has 0 saturated heterocycles. The zero-order valence-corrected chi connectivity index (χ0v) is 10.6. The van der Waals surface area contributed by atoms with E-state index in [-0.39, 0.29) is 19.6 Å². The van der Waals surface area contributed by atoms with E-state index in [9.17, 15) is 17.7 Å². The van der Waals surface area contributed by atoms with E-state index < -0.39 is 25.5 Å². The maximum absolute atomic E-state index is 13.1. The van der Waals surface area contributed by atoms with Crippen molar-refractivity contribution in [3.63, 3.8) is 0 Å². The SMILES string of the molecule is CCOP(=O)(OCC)C1(C(F)(F)F)CCC=N1. The summed E-state index contributed by atoms with van der Waals surface area (Å²) >= 11 is 0.